The van der Waals surface area contributed by atoms with E-state index in [1.165, 1.54) is 0 Å². The van der Waals surface area contributed by atoms with Crippen molar-refractivity contribution < 1.29 is 1.37 Å². The standard InChI is InChI=1S/C5H9N/c1-2-4-6-5-3-1/h4H,1-3,5H2/i5D. The van der Waals surface area contributed by atoms with Gasteiger partial charge >= 0.3 is 0 Å². The molecule has 0 bridgehead atoms. The lowest BCUT2D eigenvalue weighted by atomic mass is 10.2. The van der Waals surface area contributed by atoms with E-state index in [0.29, 0.717) is 0 Å². The van der Waals surface area contributed by atoms with Crippen molar-refractivity contribution in [2.24, 2.45) is 4.99 Å². The highest BCUT2D eigenvalue weighted by molar-refractivity contribution is 5.57. The van der Waals surface area contributed by atoms with Crippen LogP contribution in [0.2, 0.25) is 0 Å². The number of hydrogen-bond donors (Lipinski definition) is 0. The highest BCUT2D eigenvalue weighted by Gasteiger charge is 1.88. The van der Waals surface area contributed by atoms with Crippen LogP contribution in [-0.4, -0.2) is 12.7 Å². The fourth-order valence-corrected chi connectivity index (χ4v) is 0.524. The maximum Gasteiger partial charge on any atom is 0.0514 e. The van der Waals surface area contributed by atoms with Crippen molar-refractivity contribution in [2.75, 3.05) is 6.52 Å². The lowest BCUT2D eigenvalue weighted by Gasteiger charge is -1.97. The molecule has 1 rings (SSSR count). The molecule has 1 aliphatic heterocycles. The molecule has 0 aromatic rings. The van der Waals surface area contributed by atoms with E-state index in [4.69, 9.17) is 1.37 Å². The third-order valence-electron chi connectivity index (χ3n) is 0.877. The molecule has 34 valence electrons. The summed E-state index contributed by atoms with van der Waals surface area (Å²) in [5.41, 5.74) is 0. The quantitative estimate of drug-likeness (QED) is 0.418. The molecule has 0 radical (unpaired) electrons. The van der Waals surface area contributed by atoms with E-state index in [2.05, 4.69) is 4.99 Å². The number of rotatable bonds is 0. The zero-order valence-corrected chi connectivity index (χ0v) is 3.72. The Bertz CT molecular complexity index is 80.1. The Labute approximate surface area is 39.5 Å². The van der Waals surface area contributed by atoms with E-state index < -0.39 is 0 Å². The van der Waals surface area contributed by atoms with Gasteiger partial charge in [0.1, 0.15) is 0 Å². The van der Waals surface area contributed by atoms with Crippen LogP contribution in [0.3, 0.4) is 0 Å². The van der Waals surface area contributed by atoms with Crippen LogP contribution < -0.4 is 0 Å². The summed E-state index contributed by atoms with van der Waals surface area (Å²) >= 11 is 0. The third-order valence-corrected chi connectivity index (χ3v) is 0.877. The van der Waals surface area contributed by atoms with Crippen LogP contribution in [0.1, 0.15) is 20.6 Å². The van der Waals surface area contributed by atoms with Gasteiger partial charge in [-0.05, 0) is 25.5 Å². The fraction of sp³-hybridized carbons (Fsp3) is 0.800. The van der Waals surface area contributed by atoms with Gasteiger partial charge in [-0.2, -0.15) is 0 Å². The van der Waals surface area contributed by atoms with Gasteiger partial charge in [0.15, 0.2) is 0 Å². The van der Waals surface area contributed by atoms with Crippen LogP contribution in [-0.2, 0) is 0 Å². The molecule has 0 aromatic heterocycles. The van der Waals surface area contributed by atoms with E-state index in [1.54, 1.807) is 0 Å². The van der Waals surface area contributed by atoms with Gasteiger partial charge in [-0.3, -0.25) is 4.99 Å². The average molecular weight is 84.1 g/mol. The molecular weight excluding hydrogens is 74.1 g/mol. The molecule has 0 N–H and O–H groups in total. The number of aliphatic imine (C=N–C) groups is 1. The Hall–Kier alpha value is -0.330. The lowest BCUT2D eigenvalue weighted by molar-refractivity contribution is 0.749. The van der Waals surface area contributed by atoms with Gasteiger partial charge in [0.25, 0.3) is 0 Å². The van der Waals surface area contributed by atoms with Gasteiger partial charge in [-0.25, -0.2) is 0 Å². The van der Waals surface area contributed by atoms with Gasteiger partial charge in [0.05, 0.1) is 1.37 Å². The van der Waals surface area contributed by atoms with Gasteiger partial charge in [-0.1, -0.05) is 0 Å². The van der Waals surface area contributed by atoms with Crippen molar-refractivity contribution >= 4 is 6.21 Å². The molecule has 0 aliphatic carbocycles. The maximum atomic E-state index is 7.07. The van der Waals surface area contributed by atoms with E-state index in [-0.39, 0.29) is 6.52 Å². The first-order valence-electron chi connectivity index (χ1n) is 2.91. The first-order chi connectivity index (χ1) is 3.39. The van der Waals surface area contributed by atoms with Crippen molar-refractivity contribution in [3.8, 4) is 0 Å². The van der Waals surface area contributed by atoms with Gasteiger partial charge in [0.2, 0.25) is 0 Å². The summed E-state index contributed by atoms with van der Waals surface area (Å²) in [5.74, 6) is 0. The molecule has 0 aromatic carbocycles. The van der Waals surface area contributed by atoms with Gasteiger partial charge in [0, 0.05) is 6.52 Å². The molecule has 0 saturated heterocycles. The SMILES string of the molecule is [2H]C1CCCC=N1. The lowest BCUT2D eigenvalue weighted by Crippen LogP contribution is -1.89. The molecule has 0 saturated carbocycles. The molecule has 6 heavy (non-hydrogen) atoms. The van der Waals surface area contributed by atoms with Crippen molar-refractivity contribution in [1.82, 2.24) is 0 Å². The van der Waals surface area contributed by atoms with Gasteiger partial charge in [-0.15, -0.1) is 0 Å². The second kappa shape index (κ2) is 1.96. The molecule has 1 heterocycles. The zero-order valence-electron chi connectivity index (χ0n) is 4.72. The number of hydrogen-bond acceptors (Lipinski definition) is 1. The summed E-state index contributed by atoms with van der Waals surface area (Å²) in [4.78, 5) is 3.87. The summed E-state index contributed by atoms with van der Waals surface area (Å²) in [6.45, 7) is -0.145. The van der Waals surface area contributed by atoms with Crippen molar-refractivity contribution in [3.63, 3.8) is 0 Å². The number of nitrogens with zero attached hydrogens (tertiary/aromatic N) is 1. The van der Waals surface area contributed by atoms with Crippen LogP contribution >= 0.6 is 0 Å². The Balaban J connectivity index is 2.36. The highest BCUT2D eigenvalue weighted by atomic mass is 14.7. The highest BCUT2D eigenvalue weighted by Crippen LogP contribution is 1.97. The Morgan fingerprint density at radius 1 is 1.67 bits per heavy atom. The van der Waals surface area contributed by atoms with E-state index in [9.17, 15) is 0 Å². The molecule has 1 unspecified atom stereocenters. The minimum Gasteiger partial charge on any atom is -0.298 e. The second-order valence-corrected chi connectivity index (χ2v) is 1.45. The third kappa shape index (κ3) is 0.814. The molecule has 1 heteroatoms. The summed E-state index contributed by atoms with van der Waals surface area (Å²) in [5, 5.41) is 0. The summed E-state index contributed by atoms with van der Waals surface area (Å²) < 4.78 is 7.07. The monoisotopic (exact) mass is 84.1 g/mol. The molecular formula is C5H9N. The van der Waals surface area contributed by atoms with Crippen molar-refractivity contribution in [3.05, 3.63) is 0 Å². The molecule has 1 nitrogen and oxygen atoms in total. The minimum absolute atomic E-state index is 0.145. The molecule has 0 amide bonds. The van der Waals surface area contributed by atoms with Gasteiger partial charge < -0.3 is 0 Å². The predicted octanol–water partition coefficient (Wildman–Crippen LogP) is 1.24. The van der Waals surface area contributed by atoms with Crippen LogP contribution in [0.15, 0.2) is 4.99 Å². The average Bonchev–Trinajstić information content (AvgIpc) is 1.69. The maximum absolute atomic E-state index is 7.07. The topological polar surface area (TPSA) is 12.4 Å². The largest absolute Gasteiger partial charge is 0.298 e. The van der Waals surface area contributed by atoms with Crippen LogP contribution in [0.5, 0.6) is 0 Å². The minimum atomic E-state index is -0.145. The van der Waals surface area contributed by atoms with Crippen LogP contribution in [0, 0.1) is 0 Å². The van der Waals surface area contributed by atoms with E-state index in [1.807, 2.05) is 6.21 Å². The van der Waals surface area contributed by atoms with Crippen LogP contribution in [0.4, 0.5) is 0 Å². The normalized spacial score (nSPS) is 36.0. The smallest absolute Gasteiger partial charge is 0.0514 e. The predicted molar refractivity (Wildman–Crippen MR) is 27.2 cm³/mol. The summed E-state index contributed by atoms with van der Waals surface area (Å²) in [6.07, 6.45) is 5.03. The fourth-order valence-electron chi connectivity index (χ4n) is 0.524. The molecule has 1 atom stereocenters. The molecule has 0 fully saturated rings. The first-order valence-corrected chi connectivity index (χ1v) is 2.33. The Morgan fingerprint density at radius 3 is 3.00 bits per heavy atom. The van der Waals surface area contributed by atoms with E-state index in [0.717, 1.165) is 19.3 Å². The van der Waals surface area contributed by atoms with E-state index >= 15 is 0 Å². The summed E-state index contributed by atoms with van der Waals surface area (Å²) in [7, 11) is 0. The second-order valence-electron chi connectivity index (χ2n) is 1.45. The van der Waals surface area contributed by atoms with Crippen molar-refractivity contribution in [1.29, 1.82) is 0 Å². The zero-order chi connectivity index (χ0) is 5.11. The molecule has 1 aliphatic rings. The molecule has 0 spiro atoms. The Morgan fingerprint density at radius 2 is 2.67 bits per heavy atom. The summed E-state index contributed by atoms with van der Waals surface area (Å²) in [6, 6.07) is 0. The van der Waals surface area contributed by atoms with Crippen LogP contribution in [0.25, 0.3) is 0 Å². The first kappa shape index (κ1) is 2.78. The van der Waals surface area contributed by atoms with Crippen molar-refractivity contribution in [2.45, 2.75) is 19.3 Å². The Kier molecular flexibility index (Phi) is 0.906.